The van der Waals surface area contributed by atoms with Crippen molar-refractivity contribution in [3.63, 3.8) is 0 Å². The second-order valence-corrected chi connectivity index (χ2v) is 5.20. The number of fused-ring (bicyclic) bond motifs is 1. The average Bonchev–Trinajstić information content (AvgIpc) is 2.49. The zero-order valence-corrected chi connectivity index (χ0v) is 11.8. The number of anilines is 1. The minimum Gasteiger partial charge on any atom is -0.361 e. The van der Waals surface area contributed by atoms with Crippen LogP contribution in [0.3, 0.4) is 0 Å². The fourth-order valence-electron chi connectivity index (χ4n) is 2.59. The summed E-state index contributed by atoms with van der Waals surface area (Å²) in [6.45, 7) is -1.42. The van der Waals surface area contributed by atoms with Gasteiger partial charge >= 0.3 is 6.18 Å². The van der Waals surface area contributed by atoms with Crippen molar-refractivity contribution in [1.82, 2.24) is 4.90 Å². The Balaban J connectivity index is 2.06. The molecule has 0 bridgehead atoms. The van der Waals surface area contributed by atoms with E-state index in [1.54, 1.807) is 18.2 Å². The molecule has 1 aliphatic rings. The largest absolute Gasteiger partial charge is 0.406 e. The number of alkyl halides is 3. The zero-order chi connectivity index (χ0) is 16.6. The van der Waals surface area contributed by atoms with Crippen molar-refractivity contribution < 1.29 is 22.4 Å². The molecular formula is C16H12F4N2O. The predicted octanol–water partition coefficient (Wildman–Crippen LogP) is 3.95. The highest BCUT2D eigenvalue weighted by molar-refractivity contribution is 6.01. The summed E-state index contributed by atoms with van der Waals surface area (Å²) in [6.07, 6.45) is -5.65. The third-order valence-electron chi connectivity index (χ3n) is 3.54. The van der Waals surface area contributed by atoms with Crippen LogP contribution < -0.4 is 5.32 Å². The van der Waals surface area contributed by atoms with Crippen molar-refractivity contribution in [3.05, 3.63) is 65.5 Å². The van der Waals surface area contributed by atoms with Gasteiger partial charge in [0.25, 0.3) is 5.91 Å². The van der Waals surface area contributed by atoms with Gasteiger partial charge in [0.2, 0.25) is 0 Å². The number of amides is 1. The van der Waals surface area contributed by atoms with Gasteiger partial charge in [-0.15, -0.1) is 0 Å². The summed E-state index contributed by atoms with van der Waals surface area (Å²) in [5.41, 5.74) is 0.826. The number of nitrogens with zero attached hydrogens (tertiary/aromatic N) is 1. The van der Waals surface area contributed by atoms with Gasteiger partial charge in [-0.25, -0.2) is 4.39 Å². The van der Waals surface area contributed by atoms with Crippen molar-refractivity contribution in [2.75, 3.05) is 11.9 Å². The highest BCUT2D eigenvalue weighted by Gasteiger charge is 2.40. The molecule has 1 amide bonds. The predicted molar refractivity (Wildman–Crippen MR) is 76.3 cm³/mol. The van der Waals surface area contributed by atoms with Crippen LogP contribution in [0.4, 0.5) is 23.2 Å². The van der Waals surface area contributed by atoms with Crippen molar-refractivity contribution in [2.45, 2.75) is 12.3 Å². The standard InChI is InChI=1S/C16H12F4N2O/c17-11-5-3-4-10(8-11)14-21-13-7-2-1-6-12(13)15(23)22(14)9-16(18,19)20/h1-8,14,21H,9H2. The van der Waals surface area contributed by atoms with Crippen LogP contribution in [0.25, 0.3) is 0 Å². The van der Waals surface area contributed by atoms with Crippen LogP contribution in [0, 0.1) is 5.82 Å². The van der Waals surface area contributed by atoms with Crippen LogP contribution in [-0.4, -0.2) is 23.5 Å². The number of rotatable bonds is 2. The summed E-state index contributed by atoms with van der Waals surface area (Å²) in [4.78, 5) is 13.1. The topological polar surface area (TPSA) is 32.3 Å². The number of benzene rings is 2. The summed E-state index contributed by atoms with van der Waals surface area (Å²) in [5.74, 6) is -1.33. The number of hydrogen-bond donors (Lipinski definition) is 1. The SMILES string of the molecule is O=C1c2ccccc2NC(c2cccc(F)c2)N1CC(F)(F)F. The molecule has 3 nitrogen and oxygen atoms in total. The molecule has 0 aromatic heterocycles. The van der Waals surface area contributed by atoms with Gasteiger partial charge < -0.3 is 10.2 Å². The minimum absolute atomic E-state index is 0.157. The maximum atomic E-state index is 13.4. The molecule has 0 radical (unpaired) electrons. The van der Waals surface area contributed by atoms with Crippen LogP contribution in [0.2, 0.25) is 0 Å². The van der Waals surface area contributed by atoms with E-state index in [1.165, 1.54) is 24.3 Å². The molecule has 1 atom stereocenters. The number of carbonyl (C=O) groups is 1. The molecule has 1 unspecified atom stereocenters. The molecule has 120 valence electrons. The van der Waals surface area contributed by atoms with Gasteiger partial charge in [-0.2, -0.15) is 13.2 Å². The molecule has 0 fully saturated rings. The fraction of sp³-hybridized carbons (Fsp3) is 0.188. The third-order valence-corrected chi connectivity index (χ3v) is 3.54. The van der Waals surface area contributed by atoms with Crippen molar-refractivity contribution >= 4 is 11.6 Å². The van der Waals surface area contributed by atoms with Gasteiger partial charge in [-0.3, -0.25) is 4.79 Å². The lowest BCUT2D eigenvalue weighted by Crippen LogP contribution is -2.47. The Morgan fingerprint density at radius 2 is 1.83 bits per heavy atom. The number of hydrogen-bond acceptors (Lipinski definition) is 2. The van der Waals surface area contributed by atoms with E-state index in [9.17, 15) is 22.4 Å². The Morgan fingerprint density at radius 3 is 2.52 bits per heavy atom. The summed E-state index contributed by atoms with van der Waals surface area (Å²) < 4.78 is 52.0. The molecule has 1 aliphatic heterocycles. The van der Waals surface area contributed by atoms with Gasteiger partial charge in [0.15, 0.2) is 0 Å². The Labute approximate surface area is 129 Å². The van der Waals surface area contributed by atoms with Crippen LogP contribution in [0.15, 0.2) is 48.5 Å². The van der Waals surface area contributed by atoms with E-state index in [1.807, 2.05) is 0 Å². The molecule has 2 aromatic rings. The summed E-state index contributed by atoms with van der Waals surface area (Å²) >= 11 is 0. The van der Waals surface area contributed by atoms with Gasteiger partial charge in [0, 0.05) is 5.69 Å². The normalized spacial score (nSPS) is 17.7. The van der Waals surface area contributed by atoms with Crippen molar-refractivity contribution in [3.8, 4) is 0 Å². The molecule has 0 saturated carbocycles. The lowest BCUT2D eigenvalue weighted by Gasteiger charge is -2.38. The molecule has 2 aromatic carbocycles. The minimum atomic E-state index is -4.56. The second kappa shape index (κ2) is 5.57. The maximum absolute atomic E-state index is 13.4. The van der Waals surface area contributed by atoms with Crippen molar-refractivity contribution in [1.29, 1.82) is 0 Å². The first kappa shape index (κ1) is 15.3. The summed E-state index contributed by atoms with van der Waals surface area (Å²) in [6, 6.07) is 11.5. The van der Waals surface area contributed by atoms with E-state index in [0.29, 0.717) is 10.6 Å². The van der Waals surface area contributed by atoms with Crippen molar-refractivity contribution in [2.24, 2.45) is 0 Å². The van der Waals surface area contributed by atoms with Crippen LogP contribution in [0.5, 0.6) is 0 Å². The van der Waals surface area contributed by atoms with Crippen LogP contribution in [-0.2, 0) is 0 Å². The molecule has 1 N–H and O–H groups in total. The van der Waals surface area contributed by atoms with E-state index in [-0.39, 0.29) is 11.1 Å². The first-order valence-electron chi connectivity index (χ1n) is 6.84. The Morgan fingerprint density at radius 1 is 1.09 bits per heavy atom. The Kier molecular flexibility index (Phi) is 3.71. The zero-order valence-electron chi connectivity index (χ0n) is 11.8. The smallest absolute Gasteiger partial charge is 0.361 e. The van der Waals surface area contributed by atoms with E-state index >= 15 is 0 Å². The van der Waals surface area contributed by atoms with E-state index in [4.69, 9.17) is 0 Å². The van der Waals surface area contributed by atoms with Crippen LogP contribution in [0.1, 0.15) is 22.1 Å². The first-order chi connectivity index (χ1) is 10.8. The Hall–Kier alpha value is -2.57. The molecule has 0 spiro atoms. The summed E-state index contributed by atoms with van der Waals surface area (Å²) in [5, 5.41) is 2.88. The van der Waals surface area contributed by atoms with E-state index in [2.05, 4.69) is 5.32 Å². The average molecular weight is 324 g/mol. The van der Waals surface area contributed by atoms with Gasteiger partial charge in [-0.05, 0) is 29.8 Å². The lowest BCUT2D eigenvalue weighted by atomic mass is 10.0. The van der Waals surface area contributed by atoms with Crippen LogP contribution >= 0.6 is 0 Å². The molecular weight excluding hydrogens is 312 g/mol. The number of para-hydroxylation sites is 1. The Bertz CT molecular complexity index is 745. The molecule has 0 saturated heterocycles. The molecule has 7 heteroatoms. The van der Waals surface area contributed by atoms with Gasteiger partial charge in [0.05, 0.1) is 5.56 Å². The maximum Gasteiger partial charge on any atom is 0.406 e. The summed E-state index contributed by atoms with van der Waals surface area (Å²) in [7, 11) is 0. The van der Waals surface area contributed by atoms with Gasteiger partial charge in [0.1, 0.15) is 18.5 Å². The second-order valence-electron chi connectivity index (χ2n) is 5.20. The number of halogens is 4. The third kappa shape index (κ3) is 3.13. The molecule has 0 aliphatic carbocycles. The molecule has 3 rings (SSSR count). The number of carbonyl (C=O) groups excluding carboxylic acids is 1. The molecule has 23 heavy (non-hydrogen) atoms. The fourth-order valence-corrected chi connectivity index (χ4v) is 2.59. The quantitative estimate of drug-likeness (QED) is 0.848. The first-order valence-corrected chi connectivity index (χ1v) is 6.84. The van der Waals surface area contributed by atoms with Gasteiger partial charge in [-0.1, -0.05) is 24.3 Å². The van der Waals surface area contributed by atoms with E-state index in [0.717, 1.165) is 6.07 Å². The van der Waals surface area contributed by atoms with E-state index < -0.39 is 30.6 Å². The molecule has 1 heterocycles. The monoisotopic (exact) mass is 324 g/mol. The number of nitrogens with one attached hydrogen (secondary N) is 1. The lowest BCUT2D eigenvalue weighted by molar-refractivity contribution is -0.144. The highest BCUT2D eigenvalue weighted by Crippen LogP contribution is 2.35. The highest BCUT2D eigenvalue weighted by atomic mass is 19.4.